The van der Waals surface area contributed by atoms with Crippen molar-refractivity contribution in [3.63, 3.8) is 0 Å². The molecule has 2 aromatic rings. The van der Waals surface area contributed by atoms with Crippen LogP contribution in [0, 0.1) is 11.8 Å². The van der Waals surface area contributed by atoms with Gasteiger partial charge in [-0.3, -0.25) is 9.69 Å². The van der Waals surface area contributed by atoms with Gasteiger partial charge in [0.25, 0.3) is 0 Å². The first-order valence-electron chi connectivity index (χ1n) is 9.03. The highest BCUT2D eigenvalue weighted by Crippen LogP contribution is 2.27. The number of nitrogens with zero attached hydrogens (tertiary/aromatic N) is 1. The van der Waals surface area contributed by atoms with E-state index >= 15 is 0 Å². The maximum atomic E-state index is 12.4. The van der Waals surface area contributed by atoms with Crippen LogP contribution in [-0.4, -0.2) is 17.2 Å². The first kappa shape index (κ1) is 16.9. The number of carbonyl (C=O) groups is 1. The highest BCUT2D eigenvalue weighted by molar-refractivity contribution is 5.81. The number of benzene rings is 2. The average Bonchev–Trinajstić information content (AvgIpc) is 2.60. The van der Waals surface area contributed by atoms with Crippen LogP contribution in [0.5, 0.6) is 0 Å². The van der Waals surface area contributed by atoms with Gasteiger partial charge in [0.1, 0.15) is 5.78 Å². The van der Waals surface area contributed by atoms with Crippen molar-refractivity contribution >= 4 is 5.78 Å². The van der Waals surface area contributed by atoms with Crippen LogP contribution in [-0.2, 0) is 17.9 Å². The van der Waals surface area contributed by atoms with Gasteiger partial charge in [0.15, 0.2) is 0 Å². The first-order valence-corrected chi connectivity index (χ1v) is 9.03. The van der Waals surface area contributed by atoms with Gasteiger partial charge < -0.3 is 0 Å². The second-order valence-electron chi connectivity index (χ2n) is 7.18. The molecule has 3 rings (SSSR count). The third-order valence-corrected chi connectivity index (χ3v) is 5.00. The van der Waals surface area contributed by atoms with Gasteiger partial charge in [0, 0.05) is 32.0 Å². The minimum absolute atomic E-state index is 0.196. The third-order valence-electron chi connectivity index (χ3n) is 5.00. The van der Waals surface area contributed by atoms with Gasteiger partial charge >= 0.3 is 0 Å². The molecule has 0 saturated heterocycles. The standard InChI is InChI=1S/C22H27NO/c1-18-12-13-22(24)21(14-18)17-23(15-19-8-4-2-5-9-19)16-20-10-6-3-7-11-20/h2-11,18,21H,12-17H2,1H3/t18?,21-/m0/s1. The lowest BCUT2D eigenvalue weighted by atomic mass is 9.81. The summed E-state index contributed by atoms with van der Waals surface area (Å²) in [6.45, 7) is 4.94. The molecular weight excluding hydrogens is 294 g/mol. The molecule has 1 unspecified atom stereocenters. The van der Waals surface area contributed by atoms with Gasteiger partial charge in [-0.05, 0) is 29.9 Å². The van der Waals surface area contributed by atoms with Crippen LogP contribution in [0.1, 0.15) is 37.3 Å². The van der Waals surface area contributed by atoms with E-state index in [1.54, 1.807) is 0 Å². The monoisotopic (exact) mass is 321 g/mol. The molecule has 0 spiro atoms. The Labute approximate surface area is 145 Å². The van der Waals surface area contributed by atoms with E-state index in [1.165, 1.54) is 11.1 Å². The van der Waals surface area contributed by atoms with E-state index in [2.05, 4.69) is 72.5 Å². The van der Waals surface area contributed by atoms with E-state index < -0.39 is 0 Å². The number of rotatable bonds is 6. The highest BCUT2D eigenvalue weighted by Gasteiger charge is 2.28. The minimum Gasteiger partial charge on any atom is -0.299 e. The zero-order valence-electron chi connectivity index (χ0n) is 14.5. The average molecular weight is 321 g/mol. The lowest BCUT2D eigenvalue weighted by molar-refractivity contribution is -0.126. The Morgan fingerprint density at radius 2 is 1.46 bits per heavy atom. The summed E-state index contributed by atoms with van der Waals surface area (Å²) < 4.78 is 0. The van der Waals surface area contributed by atoms with Crippen LogP contribution in [0.2, 0.25) is 0 Å². The maximum absolute atomic E-state index is 12.4. The zero-order chi connectivity index (χ0) is 16.8. The molecular formula is C22H27NO. The summed E-state index contributed by atoms with van der Waals surface area (Å²) in [6.07, 6.45) is 2.86. The molecule has 0 amide bonds. The van der Waals surface area contributed by atoms with Crippen LogP contribution in [0.4, 0.5) is 0 Å². The quantitative estimate of drug-likeness (QED) is 0.769. The number of hydrogen-bond donors (Lipinski definition) is 0. The van der Waals surface area contributed by atoms with E-state index in [0.29, 0.717) is 11.7 Å². The summed E-state index contributed by atoms with van der Waals surface area (Å²) >= 11 is 0. The molecule has 0 heterocycles. The van der Waals surface area contributed by atoms with Gasteiger partial charge in [-0.1, -0.05) is 67.6 Å². The second kappa shape index (κ2) is 8.25. The van der Waals surface area contributed by atoms with Crippen molar-refractivity contribution in [2.75, 3.05) is 6.54 Å². The van der Waals surface area contributed by atoms with Crippen molar-refractivity contribution < 1.29 is 4.79 Å². The van der Waals surface area contributed by atoms with Crippen molar-refractivity contribution in [2.24, 2.45) is 11.8 Å². The molecule has 0 bridgehead atoms. The molecule has 0 aliphatic heterocycles. The molecule has 24 heavy (non-hydrogen) atoms. The normalized spacial score (nSPS) is 21.2. The first-order chi connectivity index (χ1) is 11.7. The van der Waals surface area contributed by atoms with E-state index in [-0.39, 0.29) is 5.92 Å². The Morgan fingerprint density at radius 3 is 2.00 bits per heavy atom. The topological polar surface area (TPSA) is 20.3 Å². The molecule has 1 aliphatic carbocycles. The lowest BCUT2D eigenvalue weighted by Gasteiger charge is -2.31. The largest absolute Gasteiger partial charge is 0.299 e. The summed E-state index contributed by atoms with van der Waals surface area (Å²) in [7, 11) is 0. The summed E-state index contributed by atoms with van der Waals surface area (Å²) in [6, 6.07) is 21.1. The van der Waals surface area contributed by atoms with E-state index in [4.69, 9.17) is 0 Å². The molecule has 126 valence electrons. The molecule has 0 N–H and O–H groups in total. The molecule has 0 aromatic heterocycles. The van der Waals surface area contributed by atoms with Crippen LogP contribution in [0.3, 0.4) is 0 Å². The van der Waals surface area contributed by atoms with E-state index in [1.807, 2.05) is 0 Å². The predicted octanol–water partition coefficient (Wildman–Crippen LogP) is 4.69. The Bertz CT molecular complexity index is 596. The fourth-order valence-corrected chi connectivity index (χ4v) is 3.68. The molecule has 0 radical (unpaired) electrons. The summed E-state index contributed by atoms with van der Waals surface area (Å²) in [5, 5.41) is 0. The molecule has 2 aromatic carbocycles. The predicted molar refractivity (Wildman–Crippen MR) is 98.5 cm³/mol. The van der Waals surface area contributed by atoms with Crippen LogP contribution < -0.4 is 0 Å². The molecule has 2 nitrogen and oxygen atoms in total. The Hall–Kier alpha value is -1.93. The lowest BCUT2D eigenvalue weighted by Crippen LogP contribution is -2.35. The number of Topliss-reactive ketones (excluding diaryl/α,β-unsaturated/α-hetero) is 1. The van der Waals surface area contributed by atoms with Crippen LogP contribution in [0.25, 0.3) is 0 Å². The van der Waals surface area contributed by atoms with Crippen molar-refractivity contribution in [3.8, 4) is 0 Å². The number of hydrogen-bond acceptors (Lipinski definition) is 2. The summed E-state index contributed by atoms with van der Waals surface area (Å²) in [4.78, 5) is 14.8. The van der Waals surface area contributed by atoms with Crippen molar-refractivity contribution in [3.05, 3.63) is 71.8 Å². The van der Waals surface area contributed by atoms with Crippen molar-refractivity contribution in [1.29, 1.82) is 0 Å². The fourth-order valence-electron chi connectivity index (χ4n) is 3.68. The molecule has 2 atom stereocenters. The van der Waals surface area contributed by atoms with E-state index in [9.17, 15) is 4.79 Å². The molecule has 1 saturated carbocycles. The third kappa shape index (κ3) is 4.78. The van der Waals surface area contributed by atoms with Crippen molar-refractivity contribution in [2.45, 2.75) is 39.3 Å². The molecule has 1 fully saturated rings. The Balaban J connectivity index is 1.72. The Morgan fingerprint density at radius 1 is 0.917 bits per heavy atom. The van der Waals surface area contributed by atoms with Crippen LogP contribution in [0.15, 0.2) is 60.7 Å². The van der Waals surface area contributed by atoms with Crippen LogP contribution >= 0.6 is 0 Å². The van der Waals surface area contributed by atoms with Gasteiger partial charge in [-0.25, -0.2) is 0 Å². The maximum Gasteiger partial charge on any atom is 0.137 e. The van der Waals surface area contributed by atoms with Gasteiger partial charge in [-0.2, -0.15) is 0 Å². The molecule has 2 heteroatoms. The minimum atomic E-state index is 0.196. The summed E-state index contributed by atoms with van der Waals surface area (Å²) in [5.74, 6) is 1.32. The smallest absolute Gasteiger partial charge is 0.137 e. The molecule has 1 aliphatic rings. The number of carbonyl (C=O) groups excluding carboxylic acids is 1. The summed E-state index contributed by atoms with van der Waals surface area (Å²) in [5.41, 5.74) is 2.62. The highest BCUT2D eigenvalue weighted by atomic mass is 16.1. The SMILES string of the molecule is CC1CCC(=O)[C@H](CN(Cc2ccccc2)Cc2ccccc2)C1. The van der Waals surface area contributed by atoms with Gasteiger partial charge in [-0.15, -0.1) is 0 Å². The number of ketones is 1. The Kier molecular flexibility index (Phi) is 5.81. The van der Waals surface area contributed by atoms with E-state index in [0.717, 1.165) is 38.9 Å². The van der Waals surface area contributed by atoms with Gasteiger partial charge in [0.2, 0.25) is 0 Å². The zero-order valence-corrected chi connectivity index (χ0v) is 14.5. The second-order valence-corrected chi connectivity index (χ2v) is 7.18. The van der Waals surface area contributed by atoms with Gasteiger partial charge in [0.05, 0.1) is 0 Å². The fraction of sp³-hybridized carbons (Fsp3) is 0.409. The van der Waals surface area contributed by atoms with Crippen molar-refractivity contribution in [1.82, 2.24) is 4.90 Å².